The molecular formula is C27H25F6N3O3S. The molecule has 0 bridgehead atoms. The Morgan fingerprint density at radius 3 is 2.27 bits per heavy atom. The first kappa shape index (κ1) is 28.1. The second kappa shape index (κ2) is 10.8. The Morgan fingerprint density at radius 2 is 1.62 bits per heavy atom. The Morgan fingerprint density at radius 1 is 0.900 bits per heavy atom. The number of anilines is 2. The van der Waals surface area contributed by atoms with Crippen LogP contribution in [0.25, 0.3) is 11.1 Å². The summed E-state index contributed by atoms with van der Waals surface area (Å²) in [4.78, 5) is 3.73. The van der Waals surface area contributed by atoms with Crippen LogP contribution in [0.4, 0.5) is 37.7 Å². The summed E-state index contributed by atoms with van der Waals surface area (Å²) < 4.78 is 113. The fourth-order valence-electron chi connectivity index (χ4n) is 4.78. The van der Waals surface area contributed by atoms with Crippen LogP contribution >= 0.6 is 0 Å². The minimum absolute atomic E-state index is 0.0513. The van der Waals surface area contributed by atoms with Crippen molar-refractivity contribution < 1.29 is 39.5 Å². The molecule has 2 aliphatic rings. The Bertz CT molecular complexity index is 1490. The van der Waals surface area contributed by atoms with E-state index in [4.69, 9.17) is 0 Å². The lowest BCUT2D eigenvalue weighted by Crippen LogP contribution is -2.47. The van der Waals surface area contributed by atoms with Gasteiger partial charge in [0, 0.05) is 38.3 Å². The highest BCUT2D eigenvalue weighted by Gasteiger charge is 2.33. The highest BCUT2D eigenvalue weighted by molar-refractivity contribution is 7.92. The van der Waals surface area contributed by atoms with Crippen molar-refractivity contribution in [3.8, 4) is 16.9 Å². The van der Waals surface area contributed by atoms with Crippen molar-refractivity contribution in [3.63, 3.8) is 0 Å². The molecule has 0 spiro atoms. The molecule has 1 saturated heterocycles. The van der Waals surface area contributed by atoms with Crippen LogP contribution in [0.5, 0.6) is 5.75 Å². The molecule has 1 saturated carbocycles. The zero-order chi connectivity index (χ0) is 28.7. The maximum absolute atomic E-state index is 14.2. The summed E-state index contributed by atoms with van der Waals surface area (Å²) in [5.41, 5.74) is -0.168. The number of piperazine rings is 1. The largest absolute Gasteiger partial charge is 0.435 e. The van der Waals surface area contributed by atoms with E-state index in [1.54, 1.807) is 12.1 Å². The number of ether oxygens (including phenoxy) is 1. The molecule has 2 fully saturated rings. The summed E-state index contributed by atoms with van der Waals surface area (Å²) in [5, 5.41) is 0. The minimum Gasteiger partial charge on any atom is -0.435 e. The van der Waals surface area contributed by atoms with Crippen molar-refractivity contribution >= 4 is 21.4 Å². The third-order valence-electron chi connectivity index (χ3n) is 6.86. The van der Waals surface area contributed by atoms with Gasteiger partial charge in [-0.3, -0.25) is 9.62 Å². The van der Waals surface area contributed by atoms with E-state index in [0.29, 0.717) is 30.9 Å². The average Bonchev–Trinajstić information content (AvgIpc) is 3.73. The van der Waals surface area contributed by atoms with Gasteiger partial charge < -0.3 is 9.64 Å². The van der Waals surface area contributed by atoms with Gasteiger partial charge in [-0.15, -0.1) is 0 Å². The summed E-state index contributed by atoms with van der Waals surface area (Å²) in [7, 11) is -4.49. The summed E-state index contributed by atoms with van der Waals surface area (Å²) in [5.74, 6) is -1.27. The molecule has 1 aliphatic heterocycles. The quantitative estimate of drug-likeness (QED) is 0.319. The molecule has 6 nitrogen and oxygen atoms in total. The summed E-state index contributed by atoms with van der Waals surface area (Å²) in [6.07, 6.45) is -2.46. The van der Waals surface area contributed by atoms with Gasteiger partial charge in [-0.2, -0.15) is 22.0 Å². The van der Waals surface area contributed by atoms with Gasteiger partial charge in [0.1, 0.15) is 11.6 Å². The van der Waals surface area contributed by atoms with Gasteiger partial charge in [0.05, 0.1) is 21.8 Å². The van der Waals surface area contributed by atoms with E-state index in [0.717, 1.165) is 56.3 Å². The number of nitrogens with zero attached hydrogens (tertiary/aromatic N) is 2. The van der Waals surface area contributed by atoms with Crippen LogP contribution in [0.3, 0.4) is 0 Å². The fraction of sp³-hybridized carbons (Fsp3) is 0.333. The maximum atomic E-state index is 14.2. The minimum atomic E-state index is -4.74. The van der Waals surface area contributed by atoms with Crippen molar-refractivity contribution in [2.24, 2.45) is 0 Å². The number of nitrogens with one attached hydrogen (secondary N) is 1. The van der Waals surface area contributed by atoms with Gasteiger partial charge in [-0.25, -0.2) is 12.8 Å². The number of hydrogen-bond acceptors (Lipinski definition) is 5. The van der Waals surface area contributed by atoms with E-state index in [9.17, 15) is 34.8 Å². The van der Waals surface area contributed by atoms with Crippen LogP contribution in [-0.2, 0) is 16.2 Å². The van der Waals surface area contributed by atoms with Crippen molar-refractivity contribution in [2.45, 2.75) is 36.6 Å². The summed E-state index contributed by atoms with van der Waals surface area (Å²) >= 11 is 0. The van der Waals surface area contributed by atoms with Gasteiger partial charge in [0.25, 0.3) is 10.0 Å². The Hall–Kier alpha value is -3.45. The first-order valence-corrected chi connectivity index (χ1v) is 14.0. The second-order valence-corrected chi connectivity index (χ2v) is 11.4. The molecule has 3 aromatic rings. The predicted octanol–water partition coefficient (Wildman–Crippen LogP) is 6.20. The SMILES string of the molecule is O=S(=O)(Nc1cc(-c2cc(F)cc(OC(F)F)c2)ccc1N1CCN(C2CC2)CC1)c1cccc(C(F)(F)F)c1. The second-order valence-electron chi connectivity index (χ2n) is 9.67. The molecule has 214 valence electrons. The van der Waals surface area contributed by atoms with Crippen LogP contribution in [0.15, 0.2) is 65.6 Å². The summed E-state index contributed by atoms with van der Waals surface area (Å²) in [6.45, 7) is -0.503. The van der Waals surface area contributed by atoms with Gasteiger partial charge in [-0.05, 0) is 66.4 Å². The number of hydrogen-bond donors (Lipinski definition) is 1. The number of rotatable bonds is 8. The molecule has 40 heavy (non-hydrogen) atoms. The van der Waals surface area contributed by atoms with Crippen LogP contribution in [0.2, 0.25) is 0 Å². The number of halogens is 6. The standard InChI is InChI=1S/C27H25F6N3O3S/c28-20-12-18(13-22(16-20)39-26(29)30)17-4-7-25(36-10-8-35(9-11-36)21-5-6-21)24(14-17)34-40(37,38)23-3-1-2-19(15-23)27(31,32)33/h1-4,7,12-16,21,26,34H,5-6,8-11H2. The van der Waals surface area contributed by atoms with E-state index in [-0.39, 0.29) is 16.8 Å². The van der Waals surface area contributed by atoms with Gasteiger partial charge in [0.15, 0.2) is 0 Å². The number of alkyl halides is 5. The van der Waals surface area contributed by atoms with Gasteiger partial charge in [0.2, 0.25) is 0 Å². The summed E-state index contributed by atoms with van der Waals surface area (Å²) in [6, 6.07) is 11.6. The number of benzene rings is 3. The molecule has 0 amide bonds. The van der Waals surface area contributed by atoms with Gasteiger partial charge in [-0.1, -0.05) is 12.1 Å². The lowest BCUT2D eigenvalue weighted by atomic mass is 10.0. The van der Waals surface area contributed by atoms with Crippen LogP contribution in [-0.4, -0.2) is 52.2 Å². The fourth-order valence-corrected chi connectivity index (χ4v) is 5.90. The molecule has 3 aromatic carbocycles. The Balaban J connectivity index is 1.52. The first-order chi connectivity index (χ1) is 18.9. The molecule has 1 heterocycles. The van der Waals surface area contributed by atoms with Crippen LogP contribution in [0.1, 0.15) is 18.4 Å². The first-order valence-electron chi connectivity index (χ1n) is 12.5. The molecular weight excluding hydrogens is 560 g/mol. The average molecular weight is 586 g/mol. The molecule has 0 aromatic heterocycles. The maximum Gasteiger partial charge on any atom is 0.416 e. The van der Waals surface area contributed by atoms with E-state index >= 15 is 0 Å². The lowest BCUT2D eigenvalue weighted by Gasteiger charge is -2.37. The van der Waals surface area contributed by atoms with Crippen molar-refractivity contribution in [2.75, 3.05) is 35.8 Å². The Kier molecular flexibility index (Phi) is 7.62. The monoisotopic (exact) mass is 585 g/mol. The highest BCUT2D eigenvalue weighted by atomic mass is 32.2. The van der Waals surface area contributed by atoms with E-state index in [1.165, 1.54) is 12.1 Å². The topological polar surface area (TPSA) is 61.9 Å². The third-order valence-corrected chi connectivity index (χ3v) is 8.22. The van der Waals surface area contributed by atoms with Crippen molar-refractivity contribution in [1.82, 2.24) is 4.90 Å². The molecule has 5 rings (SSSR count). The van der Waals surface area contributed by atoms with Gasteiger partial charge >= 0.3 is 12.8 Å². The molecule has 0 atom stereocenters. The van der Waals surface area contributed by atoms with Crippen LogP contribution < -0.4 is 14.4 Å². The van der Waals surface area contributed by atoms with Crippen LogP contribution in [0, 0.1) is 5.82 Å². The van der Waals surface area contributed by atoms with E-state index in [1.807, 2.05) is 4.90 Å². The van der Waals surface area contributed by atoms with Crippen molar-refractivity contribution in [3.05, 3.63) is 72.0 Å². The normalized spacial score (nSPS) is 16.8. The molecule has 1 N–H and O–H groups in total. The van der Waals surface area contributed by atoms with E-state index in [2.05, 4.69) is 14.4 Å². The predicted molar refractivity (Wildman–Crippen MR) is 138 cm³/mol. The third kappa shape index (κ3) is 6.47. The molecule has 0 unspecified atom stereocenters. The molecule has 13 heteroatoms. The smallest absolute Gasteiger partial charge is 0.416 e. The molecule has 0 radical (unpaired) electrons. The zero-order valence-corrected chi connectivity index (χ0v) is 21.8. The lowest BCUT2D eigenvalue weighted by molar-refractivity contribution is -0.137. The van der Waals surface area contributed by atoms with Crippen molar-refractivity contribution in [1.29, 1.82) is 0 Å². The number of sulfonamides is 1. The Labute approximate surface area is 227 Å². The molecule has 1 aliphatic carbocycles. The zero-order valence-electron chi connectivity index (χ0n) is 21.0. The van der Waals surface area contributed by atoms with E-state index < -0.39 is 44.8 Å². The highest BCUT2D eigenvalue weighted by Crippen LogP contribution is 2.37.